The first kappa shape index (κ1) is 15.0. The van der Waals surface area contributed by atoms with Crippen LogP contribution in [0.2, 0.25) is 0 Å². The average Bonchev–Trinajstić information content (AvgIpc) is 2.39. The van der Waals surface area contributed by atoms with Crippen LogP contribution in [-0.4, -0.2) is 36.1 Å². The lowest BCUT2D eigenvalue weighted by Gasteiger charge is -2.35. The molecule has 1 aromatic carbocycles. The molecule has 0 aromatic heterocycles. The topological polar surface area (TPSA) is 67.6 Å². The number of rotatable bonds is 4. The molecule has 1 aliphatic heterocycles. The standard InChI is InChI=1S/C15H23N3O2/c1-11-8-18(9-12(2)20-11)10-14-6-4-3-5-13(14)7-15(19)17-16/h3-6,11-12H,7-10,16H2,1-2H3,(H,17,19)/t11-,12+. The van der Waals surface area contributed by atoms with Crippen molar-refractivity contribution in [3.63, 3.8) is 0 Å². The van der Waals surface area contributed by atoms with Crippen molar-refractivity contribution in [1.29, 1.82) is 0 Å². The van der Waals surface area contributed by atoms with E-state index in [-0.39, 0.29) is 18.1 Å². The summed E-state index contributed by atoms with van der Waals surface area (Å²) < 4.78 is 5.74. The number of ether oxygens (including phenoxy) is 1. The highest BCUT2D eigenvalue weighted by molar-refractivity contribution is 5.78. The molecule has 1 aromatic rings. The molecule has 2 atom stereocenters. The fourth-order valence-corrected chi connectivity index (χ4v) is 2.76. The van der Waals surface area contributed by atoms with E-state index < -0.39 is 0 Å². The molecular weight excluding hydrogens is 254 g/mol. The maximum Gasteiger partial charge on any atom is 0.238 e. The molecular formula is C15H23N3O2. The molecule has 1 fully saturated rings. The van der Waals surface area contributed by atoms with E-state index in [0.717, 1.165) is 25.2 Å². The lowest BCUT2D eigenvalue weighted by atomic mass is 10.0. The third-order valence-corrected chi connectivity index (χ3v) is 3.52. The monoisotopic (exact) mass is 277 g/mol. The SMILES string of the molecule is C[C@@H]1CN(Cc2ccccc2CC(=O)NN)C[C@H](C)O1. The first-order valence-electron chi connectivity index (χ1n) is 7.02. The van der Waals surface area contributed by atoms with Crippen LogP contribution >= 0.6 is 0 Å². The normalized spacial score (nSPS) is 23.6. The molecule has 1 aliphatic rings. The van der Waals surface area contributed by atoms with Crippen molar-refractivity contribution in [3.8, 4) is 0 Å². The molecule has 20 heavy (non-hydrogen) atoms. The van der Waals surface area contributed by atoms with E-state index in [4.69, 9.17) is 10.6 Å². The summed E-state index contributed by atoms with van der Waals surface area (Å²) in [6.07, 6.45) is 0.818. The summed E-state index contributed by atoms with van der Waals surface area (Å²) in [6.45, 7) is 6.86. The van der Waals surface area contributed by atoms with Crippen LogP contribution in [0.3, 0.4) is 0 Å². The zero-order chi connectivity index (χ0) is 14.5. The second-order valence-electron chi connectivity index (χ2n) is 5.46. The number of carbonyl (C=O) groups excluding carboxylic acids is 1. The van der Waals surface area contributed by atoms with E-state index >= 15 is 0 Å². The van der Waals surface area contributed by atoms with Gasteiger partial charge in [0.1, 0.15) is 0 Å². The predicted octanol–water partition coefficient (Wildman–Crippen LogP) is 0.828. The van der Waals surface area contributed by atoms with Gasteiger partial charge in [-0.3, -0.25) is 15.1 Å². The van der Waals surface area contributed by atoms with Crippen LogP contribution in [0.5, 0.6) is 0 Å². The van der Waals surface area contributed by atoms with Crippen molar-refractivity contribution < 1.29 is 9.53 Å². The van der Waals surface area contributed by atoms with Gasteiger partial charge in [0.25, 0.3) is 0 Å². The second kappa shape index (κ2) is 6.83. The number of carbonyl (C=O) groups is 1. The van der Waals surface area contributed by atoms with Crippen molar-refractivity contribution in [3.05, 3.63) is 35.4 Å². The van der Waals surface area contributed by atoms with E-state index in [9.17, 15) is 4.79 Å². The molecule has 1 heterocycles. The lowest BCUT2D eigenvalue weighted by Crippen LogP contribution is -2.45. The first-order valence-corrected chi connectivity index (χ1v) is 7.02. The highest BCUT2D eigenvalue weighted by Gasteiger charge is 2.22. The van der Waals surface area contributed by atoms with Gasteiger partial charge in [-0.1, -0.05) is 24.3 Å². The molecule has 1 amide bonds. The van der Waals surface area contributed by atoms with Gasteiger partial charge in [-0.15, -0.1) is 0 Å². The molecule has 0 bridgehead atoms. The van der Waals surface area contributed by atoms with E-state index in [2.05, 4.69) is 30.2 Å². The first-order chi connectivity index (χ1) is 9.58. The third-order valence-electron chi connectivity index (χ3n) is 3.52. The van der Waals surface area contributed by atoms with Crippen molar-refractivity contribution in [2.24, 2.45) is 5.84 Å². The Morgan fingerprint density at radius 1 is 1.30 bits per heavy atom. The zero-order valence-electron chi connectivity index (χ0n) is 12.1. The van der Waals surface area contributed by atoms with Crippen LogP contribution in [0.1, 0.15) is 25.0 Å². The Morgan fingerprint density at radius 3 is 2.50 bits per heavy atom. The van der Waals surface area contributed by atoms with Gasteiger partial charge in [-0.25, -0.2) is 5.84 Å². The Hall–Kier alpha value is -1.43. The minimum atomic E-state index is -0.166. The lowest BCUT2D eigenvalue weighted by molar-refractivity contribution is -0.120. The molecule has 0 saturated carbocycles. The number of morpholine rings is 1. The van der Waals surface area contributed by atoms with Crippen molar-refractivity contribution in [2.75, 3.05) is 13.1 Å². The number of benzene rings is 1. The van der Waals surface area contributed by atoms with Crippen molar-refractivity contribution in [2.45, 2.75) is 39.0 Å². The number of amides is 1. The molecule has 5 heteroatoms. The highest BCUT2D eigenvalue weighted by atomic mass is 16.5. The summed E-state index contributed by atoms with van der Waals surface area (Å²) in [5.41, 5.74) is 4.39. The Morgan fingerprint density at radius 2 is 1.90 bits per heavy atom. The van der Waals surface area contributed by atoms with Gasteiger partial charge in [0, 0.05) is 19.6 Å². The number of nitrogens with one attached hydrogen (secondary N) is 1. The van der Waals surface area contributed by atoms with Gasteiger partial charge >= 0.3 is 0 Å². The summed E-state index contributed by atoms with van der Waals surface area (Å²) >= 11 is 0. The summed E-state index contributed by atoms with van der Waals surface area (Å²) in [5, 5.41) is 0. The van der Waals surface area contributed by atoms with E-state index in [0.29, 0.717) is 6.42 Å². The molecule has 5 nitrogen and oxygen atoms in total. The predicted molar refractivity (Wildman–Crippen MR) is 77.8 cm³/mol. The summed E-state index contributed by atoms with van der Waals surface area (Å²) in [6, 6.07) is 8.02. The van der Waals surface area contributed by atoms with Crippen LogP contribution < -0.4 is 11.3 Å². The van der Waals surface area contributed by atoms with E-state index in [1.54, 1.807) is 0 Å². The number of hydrogen-bond acceptors (Lipinski definition) is 4. The van der Waals surface area contributed by atoms with Gasteiger partial charge in [0.05, 0.1) is 18.6 Å². The molecule has 2 rings (SSSR count). The fraction of sp³-hybridized carbons (Fsp3) is 0.533. The third kappa shape index (κ3) is 4.03. The molecule has 1 saturated heterocycles. The Bertz CT molecular complexity index is 454. The van der Waals surface area contributed by atoms with Crippen LogP contribution in [0.25, 0.3) is 0 Å². The van der Waals surface area contributed by atoms with Gasteiger partial charge in [0.2, 0.25) is 5.91 Å². The molecule has 3 N–H and O–H groups in total. The van der Waals surface area contributed by atoms with Gasteiger partial charge in [-0.05, 0) is 25.0 Å². The van der Waals surface area contributed by atoms with Crippen LogP contribution in [0.4, 0.5) is 0 Å². The number of nitrogens with two attached hydrogens (primary N) is 1. The molecule has 0 spiro atoms. The van der Waals surface area contributed by atoms with Crippen molar-refractivity contribution in [1.82, 2.24) is 10.3 Å². The summed E-state index contributed by atoms with van der Waals surface area (Å²) in [7, 11) is 0. The molecule has 110 valence electrons. The van der Waals surface area contributed by atoms with E-state index in [1.807, 2.05) is 18.2 Å². The van der Waals surface area contributed by atoms with Crippen LogP contribution in [0, 0.1) is 0 Å². The molecule has 0 aliphatic carbocycles. The zero-order valence-corrected chi connectivity index (χ0v) is 12.1. The minimum absolute atomic E-state index is 0.166. The summed E-state index contributed by atoms with van der Waals surface area (Å²) in [4.78, 5) is 13.8. The Balaban J connectivity index is 2.06. The highest BCUT2D eigenvalue weighted by Crippen LogP contribution is 2.17. The van der Waals surface area contributed by atoms with Gasteiger partial charge in [0.15, 0.2) is 0 Å². The Kier molecular flexibility index (Phi) is 5.11. The summed E-state index contributed by atoms with van der Waals surface area (Å²) in [5.74, 6) is 5.00. The molecule has 0 unspecified atom stereocenters. The van der Waals surface area contributed by atoms with Gasteiger partial charge in [-0.2, -0.15) is 0 Å². The second-order valence-corrected chi connectivity index (χ2v) is 5.46. The average molecular weight is 277 g/mol. The fourth-order valence-electron chi connectivity index (χ4n) is 2.76. The number of nitrogens with zero attached hydrogens (tertiary/aromatic N) is 1. The van der Waals surface area contributed by atoms with Crippen LogP contribution in [0.15, 0.2) is 24.3 Å². The quantitative estimate of drug-likeness (QED) is 0.486. The van der Waals surface area contributed by atoms with E-state index in [1.165, 1.54) is 5.56 Å². The number of hydrazine groups is 1. The molecule has 0 radical (unpaired) electrons. The van der Waals surface area contributed by atoms with Gasteiger partial charge < -0.3 is 4.74 Å². The smallest absolute Gasteiger partial charge is 0.238 e. The maximum absolute atomic E-state index is 11.5. The van der Waals surface area contributed by atoms with Crippen LogP contribution in [-0.2, 0) is 22.5 Å². The largest absolute Gasteiger partial charge is 0.373 e. The maximum atomic E-state index is 11.5. The minimum Gasteiger partial charge on any atom is -0.373 e. The number of hydrogen-bond donors (Lipinski definition) is 2. The Labute approximate surface area is 120 Å². The van der Waals surface area contributed by atoms with Crippen molar-refractivity contribution >= 4 is 5.91 Å².